The van der Waals surface area contributed by atoms with Crippen molar-refractivity contribution in [1.82, 2.24) is 0 Å². The zero-order valence-electron chi connectivity index (χ0n) is 4.35. The van der Waals surface area contributed by atoms with Gasteiger partial charge in [-0.3, -0.25) is 0 Å². The van der Waals surface area contributed by atoms with E-state index in [1.54, 1.807) is 0 Å². The van der Waals surface area contributed by atoms with E-state index in [0.717, 1.165) is 5.36 Å². The van der Waals surface area contributed by atoms with Gasteiger partial charge in [-0.05, 0) is 0 Å². The molecule has 0 bridgehead atoms. The fraction of sp³-hybridized carbons (Fsp3) is 0.333. The van der Waals surface area contributed by atoms with Crippen molar-refractivity contribution in [3.05, 3.63) is 24.3 Å². The van der Waals surface area contributed by atoms with Crippen molar-refractivity contribution in [3.8, 4) is 0 Å². The molecule has 0 N–H and O–H groups in total. The van der Waals surface area contributed by atoms with Crippen LogP contribution in [0.15, 0.2) is 24.3 Å². The molecule has 0 fully saturated rings. The van der Waals surface area contributed by atoms with E-state index < -0.39 is 0 Å². The van der Waals surface area contributed by atoms with Crippen LogP contribution in [0, 0.1) is 0 Å². The Morgan fingerprint density at radius 3 is 2.57 bits per heavy atom. The summed E-state index contributed by atoms with van der Waals surface area (Å²) in [5, 5.41) is 0.817. The predicted octanol–water partition coefficient (Wildman–Crippen LogP) is 2.08. The molecule has 0 aromatic heterocycles. The maximum atomic E-state index is 4.01. The van der Waals surface area contributed by atoms with Crippen molar-refractivity contribution < 1.29 is 15.7 Å². The summed E-state index contributed by atoms with van der Waals surface area (Å²) in [4.78, 5) is 0. The molecule has 0 heterocycles. The Morgan fingerprint density at radius 1 is 1.43 bits per heavy atom. The molecule has 0 aliphatic heterocycles. The van der Waals surface area contributed by atoms with Gasteiger partial charge in [-0.2, -0.15) is 0 Å². The summed E-state index contributed by atoms with van der Waals surface area (Å²) >= 11 is 4.01. The van der Waals surface area contributed by atoms with Gasteiger partial charge < -0.3 is 0 Å². The van der Waals surface area contributed by atoms with Crippen LogP contribution >= 0.6 is 0 Å². The van der Waals surface area contributed by atoms with Gasteiger partial charge in [0, 0.05) is 0 Å². The maximum absolute atomic E-state index is 4.01. The third-order valence-corrected chi connectivity index (χ3v) is 0.764. The molecule has 0 saturated heterocycles. The molecule has 0 saturated carbocycles. The summed E-state index contributed by atoms with van der Waals surface area (Å²) in [6.07, 6.45) is 7.93. The molecule has 0 aromatic carbocycles. The number of hydrogen-bond acceptors (Lipinski definition) is 0. The van der Waals surface area contributed by atoms with Crippen molar-refractivity contribution >= 4 is 0 Å². The molecule has 0 atom stereocenters. The van der Waals surface area contributed by atoms with Gasteiger partial charge >= 0.3 is 52.3 Å². The van der Waals surface area contributed by atoms with Crippen LogP contribution in [0.5, 0.6) is 0 Å². The Hall–Kier alpha value is -0.0135. The van der Waals surface area contributed by atoms with Gasteiger partial charge in [0.1, 0.15) is 0 Å². The third kappa shape index (κ3) is 5.99. The summed E-state index contributed by atoms with van der Waals surface area (Å²) in [5.74, 6) is 0. The number of hydrogen-bond donors (Lipinski definition) is 0. The molecule has 0 aromatic rings. The topological polar surface area (TPSA) is 0 Å². The summed E-state index contributed by atoms with van der Waals surface area (Å²) < 4.78 is 0. The van der Waals surface area contributed by atoms with Gasteiger partial charge in [0.25, 0.3) is 0 Å². The summed E-state index contributed by atoms with van der Waals surface area (Å²) in [6, 6.07) is 0. The minimum atomic E-state index is 0.817. The molecule has 0 aliphatic carbocycles. The monoisotopic (exact) mass is 140 g/mol. The van der Waals surface area contributed by atoms with E-state index in [9.17, 15) is 0 Å². The summed E-state index contributed by atoms with van der Waals surface area (Å²) in [7, 11) is 0. The molecule has 1 heteroatoms. The van der Waals surface area contributed by atoms with E-state index in [2.05, 4.69) is 15.7 Å². The van der Waals surface area contributed by atoms with Crippen LogP contribution in [-0.4, -0.2) is 0 Å². The second-order valence-corrected chi connectivity index (χ2v) is 1.52. The Balaban J connectivity index is 3.09. The average molecular weight is 140 g/mol. The van der Waals surface area contributed by atoms with E-state index in [0.29, 0.717) is 0 Å². The minimum absolute atomic E-state index is 0.817. The number of rotatable bonds is 2. The first-order valence-electron chi connectivity index (χ1n) is 2.22. The second kappa shape index (κ2) is 5.99. The zero-order valence-corrected chi connectivity index (χ0v) is 5.39. The Morgan fingerprint density at radius 2 is 2.14 bits per heavy atom. The number of allylic oxidation sites excluding steroid dienone is 4. The zero-order chi connectivity index (χ0) is 5.54. The van der Waals surface area contributed by atoms with Crippen molar-refractivity contribution in [2.45, 2.75) is 12.3 Å². The van der Waals surface area contributed by atoms with Crippen LogP contribution < -0.4 is 0 Å². The van der Waals surface area contributed by atoms with Gasteiger partial charge in [-0.1, -0.05) is 0 Å². The van der Waals surface area contributed by atoms with Gasteiger partial charge in [0.05, 0.1) is 0 Å². The fourth-order valence-corrected chi connectivity index (χ4v) is 0.377. The summed E-state index contributed by atoms with van der Waals surface area (Å²) in [5.41, 5.74) is 0. The fourth-order valence-electron chi connectivity index (χ4n) is 0.235. The molecule has 7 heavy (non-hydrogen) atoms. The van der Waals surface area contributed by atoms with Crippen LogP contribution in [0.1, 0.15) is 6.92 Å². The molecule has 0 nitrogen and oxygen atoms in total. The van der Waals surface area contributed by atoms with Crippen molar-refractivity contribution in [3.63, 3.8) is 0 Å². The average Bonchev–Trinajstić information content (AvgIpc) is 1.69. The summed E-state index contributed by atoms with van der Waals surface area (Å²) in [6.45, 7) is 1.99. The third-order valence-electron chi connectivity index (χ3n) is 0.518. The van der Waals surface area contributed by atoms with Crippen molar-refractivity contribution in [1.29, 1.82) is 0 Å². The van der Waals surface area contributed by atoms with E-state index in [1.165, 1.54) is 0 Å². The van der Waals surface area contributed by atoms with Gasteiger partial charge in [-0.15, -0.1) is 0 Å². The Kier molecular flexibility index (Phi) is 5.97. The van der Waals surface area contributed by atoms with E-state index in [4.69, 9.17) is 0 Å². The molecule has 0 radical (unpaired) electrons. The Bertz CT molecular complexity index is 72.2. The van der Waals surface area contributed by atoms with Crippen LogP contribution in [0.2, 0.25) is 5.36 Å². The Labute approximate surface area is 52.9 Å². The van der Waals surface area contributed by atoms with Crippen molar-refractivity contribution in [2.24, 2.45) is 0 Å². The van der Waals surface area contributed by atoms with E-state index in [-0.39, 0.29) is 0 Å². The van der Waals surface area contributed by atoms with Crippen molar-refractivity contribution in [2.75, 3.05) is 0 Å². The second-order valence-electron chi connectivity index (χ2n) is 1.09. The first kappa shape index (κ1) is 6.99. The van der Waals surface area contributed by atoms with Crippen LogP contribution in [-0.2, 0) is 15.7 Å². The van der Waals surface area contributed by atoms with Crippen LogP contribution in [0.25, 0.3) is 0 Å². The molecule has 42 valence electrons. The molecule has 0 unspecified atom stereocenters. The molecule has 0 aliphatic rings. The first-order chi connectivity index (χ1) is 3.41. The first-order valence-corrected chi connectivity index (χ1v) is 2.96. The quantitative estimate of drug-likeness (QED) is 0.515. The van der Waals surface area contributed by atoms with Gasteiger partial charge in [-0.25, -0.2) is 0 Å². The van der Waals surface area contributed by atoms with E-state index in [1.807, 2.05) is 31.2 Å². The SMILES string of the molecule is CC=CC=C[CH2][Co]. The van der Waals surface area contributed by atoms with E-state index >= 15 is 0 Å². The van der Waals surface area contributed by atoms with Crippen LogP contribution in [0.4, 0.5) is 0 Å². The molecule has 0 spiro atoms. The van der Waals surface area contributed by atoms with Crippen LogP contribution in [0.3, 0.4) is 0 Å². The molecule has 0 amide bonds. The predicted molar refractivity (Wildman–Crippen MR) is 28.8 cm³/mol. The van der Waals surface area contributed by atoms with Gasteiger partial charge in [0.2, 0.25) is 0 Å². The normalized spacial score (nSPS) is 11.9. The van der Waals surface area contributed by atoms with Gasteiger partial charge in [0.15, 0.2) is 0 Å². The molecule has 0 rings (SSSR count). The molecular formula is C6H9Co. The standard InChI is InChI=1S/C6H9.Co/c1-3-5-6-4-2;/h3-6H,1H2,2H3;. The molecular weight excluding hydrogens is 131 g/mol.